The maximum absolute atomic E-state index is 13.1. The Morgan fingerprint density at radius 2 is 1.77 bits per heavy atom. The number of rotatable bonds is 9. The summed E-state index contributed by atoms with van der Waals surface area (Å²) in [7, 11) is 0. The van der Waals surface area contributed by atoms with Gasteiger partial charge in [-0.25, -0.2) is 4.98 Å². The zero-order chi connectivity index (χ0) is 27.8. The highest BCUT2D eigenvalue weighted by Gasteiger charge is 2.40. The quantitative estimate of drug-likeness (QED) is 0.261. The molecule has 1 aromatic carbocycles. The number of likely N-dealkylation sites (tertiary alicyclic amines) is 2. The van der Waals surface area contributed by atoms with Crippen LogP contribution in [-0.2, 0) is 19.6 Å². The number of carbonyl (C=O) groups is 1. The lowest BCUT2D eigenvalue weighted by molar-refractivity contribution is 0.0764. The van der Waals surface area contributed by atoms with Crippen molar-refractivity contribution in [2.75, 3.05) is 32.7 Å². The summed E-state index contributed by atoms with van der Waals surface area (Å²) in [6.45, 7) is 13.2. The molecule has 3 aromatic rings. The number of nitrogens with two attached hydrogens (primary N) is 1. The Hall–Kier alpha value is -3.01. The summed E-state index contributed by atoms with van der Waals surface area (Å²) in [5.74, 6) is 0.469. The molecule has 0 radical (unpaired) electrons. The molecule has 4 N–H and O–H groups in total. The fraction of sp³-hybridized carbons (Fsp3) is 0.500. The lowest BCUT2D eigenvalue weighted by atomic mass is 9.78. The van der Waals surface area contributed by atoms with E-state index in [2.05, 4.69) is 51.0 Å². The van der Waals surface area contributed by atoms with E-state index in [1.807, 2.05) is 37.3 Å². The maximum Gasteiger partial charge on any atom is 0.254 e. The topological polar surface area (TPSA) is 105 Å². The Kier molecular flexibility index (Phi) is 9.94. The molecular weight excluding hydrogens is 506 g/mol. The second-order valence-electron chi connectivity index (χ2n) is 10.7. The van der Waals surface area contributed by atoms with Crippen LogP contribution in [0, 0.1) is 17.7 Å². The molecule has 0 saturated carbocycles. The number of hydrogen-bond donors (Lipinski definition) is 3. The van der Waals surface area contributed by atoms with Crippen LogP contribution in [0.3, 0.4) is 0 Å². The Morgan fingerprint density at radius 1 is 1.08 bits per heavy atom. The van der Waals surface area contributed by atoms with Crippen LogP contribution in [0.1, 0.15) is 64.6 Å². The fourth-order valence-electron chi connectivity index (χ4n) is 5.71. The van der Waals surface area contributed by atoms with Gasteiger partial charge in [0.2, 0.25) is 0 Å². The first-order valence-corrected chi connectivity index (χ1v) is 14.9. The second kappa shape index (κ2) is 13.4. The van der Waals surface area contributed by atoms with Crippen LogP contribution in [-0.4, -0.2) is 69.1 Å². The van der Waals surface area contributed by atoms with Crippen LogP contribution < -0.4 is 5.73 Å². The zero-order valence-corrected chi connectivity index (χ0v) is 24.4. The molecule has 5 rings (SSSR count). The average molecular weight is 550 g/mol. The van der Waals surface area contributed by atoms with E-state index in [1.165, 1.54) is 47.7 Å². The van der Waals surface area contributed by atoms with Crippen LogP contribution in [0.5, 0.6) is 0 Å². The van der Waals surface area contributed by atoms with E-state index in [-0.39, 0.29) is 24.8 Å². The van der Waals surface area contributed by atoms with Gasteiger partial charge in [-0.15, -0.1) is 11.3 Å². The van der Waals surface area contributed by atoms with E-state index in [4.69, 9.17) is 11.1 Å². The third-order valence-electron chi connectivity index (χ3n) is 7.76. The van der Waals surface area contributed by atoms with E-state index in [9.17, 15) is 4.79 Å². The van der Waals surface area contributed by atoms with Gasteiger partial charge in [-0.1, -0.05) is 26.0 Å². The Labute approximate surface area is 236 Å². The molecule has 1 spiro atoms. The SMILES string of the molecule is CC.Cc1ccc(CN2CCC3(CC2)CCN(Cc2ccc(C(=O)N(CC(=N)N)Cc4ncc[nH]4)cc2)C3)s1. The van der Waals surface area contributed by atoms with Crippen molar-refractivity contribution in [3.8, 4) is 0 Å². The third-order valence-corrected chi connectivity index (χ3v) is 8.75. The van der Waals surface area contributed by atoms with Crippen molar-refractivity contribution in [1.82, 2.24) is 24.7 Å². The number of aryl methyl sites for hydroxylation is 1. The van der Waals surface area contributed by atoms with Gasteiger partial charge in [0.05, 0.1) is 13.1 Å². The second-order valence-corrected chi connectivity index (χ2v) is 12.0. The van der Waals surface area contributed by atoms with Crippen LogP contribution in [0.15, 0.2) is 48.8 Å². The number of aromatic nitrogens is 2. The summed E-state index contributed by atoms with van der Waals surface area (Å²) < 4.78 is 0. The summed E-state index contributed by atoms with van der Waals surface area (Å²) in [4.78, 5) is 30.0. The molecule has 2 fully saturated rings. The van der Waals surface area contributed by atoms with E-state index in [0.29, 0.717) is 16.8 Å². The molecule has 2 aliphatic heterocycles. The van der Waals surface area contributed by atoms with Crippen LogP contribution in [0.25, 0.3) is 0 Å². The first-order chi connectivity index (χ1) is 18.9. The molecule has 4 heterocycles. The molecule has 2 aromatic heterocycles. The number of nitrogens with zero attached hydrogens (tertiary/aromatic N) is 4. The standard InChI is InChI=1S/C28H37N7OS.C2H6/c1-21-2-7-24(37-21)17-33-13-8-28(9-14-33)10-15-34(20-28)16-22-3-5-23(6-4-22)27(36)35(18-25(29)30)19-26-31-11-12-32-26;1-2/h2-7,11-12H,8-10,13-20H2,1H3,(H3,29,30)(H,31,32);1-2H3. The fourth-order valence-corrected chi connectivity index (χ4v) is 6.64. The maximum atomic E-state index is 13.1. The monoisotopic (exact) mass is 549 g/mol. The van der Waals surface area contributed by atoms with Gasteiger partial charge in [-0.05, 0) is 81.1 Å². The molecule has 2 aliphatic rings. The minimum absolute atomic E-state index is 0.0491. The van der Waals surface area contributed by atoms with Crippen molar-refractivity contribution < 1.29 is 4.79 Å². The highest BCUT2D eigenvalue weighted by Crippen LogP contribution is 2.41. The lowest BCUT2D eigenvalue weighted by Gasteiger charge is -2.39. The Balaban J connectivity index is 0.00000172. The molecule has 8 nitrogen and oxygen atoms in total. The predicted octanol–water partition coefficient (Wildman–Crippen LogP) is 4.87. The van der Waals surface area contributed by atoms with E-state index in [0.717, 1.165) is 26.2 Å². The van der Waals surface area contributed by atoms with Crippen LogP contribution in [0.4, 0.5) is 0 Å². The van der Waals surface area contributed by atoms with Gasteiger partial charge in [0.1, 0.15) is 11.7 Å². The molecule has 1 amide bonds. The summed E-state index contributed by atoms with van der Waals surface area (Å²) >= 11 is 1.92. The van der Waals surface area contributed by atoms with E-state index < -0.39 is 0 Å². The number of aromatic amines is 1. The Morgan fingerprint density at radius 3 is 2.36 bits per heavy atom. The number of benzene rings is 1. The minimum Gasteiger partial charge on any atom is -0.386 e. The third kappa shape index (κ3) is 7.77. The largest absolute Gasteiger partial charge is 0.386 e. The molecule has 0 atom stereocenters. The first-order valence-electron chi connectivity index (χ1n) is 14.1. The van der Waals surface area contributed by atoms with Crippen molar-refractivity contribution in [1.29, 1.82) is 5.41 Å². The lowest BCUT2D eigenvalue weighted by Crippen LogP contribution is -2.41. The highest BCUT2D eigenvalue weighted by molar-refractivity contribution is 7.11. The van der Waals surface area contributed by atoms with Crippen molar-refractivity contribution in [3.63, 3.8) is 0 Å². The highest BCUT2D eigenvalue weighted by atomic mass is 32.1. The molecule has 0 bridgehead atoms. The van der Waals surface area contributed by atoms with Crippen LogP contribution in [0.2, 0.25) is 0 Å². The summed E-state index contributed by atoms with van der Waals surface area (Å²) in [6, 6.07) is 12.4. The molecule has 210 valence electrons. The predicted molar refractivity (Wildman–Crippen MR) is 159 cm³/mol. The number of amides is 1. The van der Waals surface area contributed by atoms with E-state index in [1.54, 1.807) is 17.3 Å². The average Bonchev–Trinajstić information content (AvgIpc) is 3.69. The molecule has 39 heavy (non-hydrogen) atoms. The number of amidine groups is 1. The van der Waals surface area contributed by atoms with Gasteiger partial charge in [-0.3, -0.25) is 20.0 Å². The number of imidazole rings is 1. The number of nitrogens with one attached hydrogen (secondary N) is 2. The minimum atomic E-state index is -0.150. The van der Waals surface area contributed by atoms with Gasteiger partial charge in [0.15, 0.2) is 0 Å². The molecule has 9 heteroatoms. The zero-order valence-electron chi connectivity index (χ0n) is 23.6. The van der Waals surface area contributed by atoms with Crippen molar-refractivity contribution in [2.45, 2.75) is 59.7 Å². The number of H-pyrrole nitrogens is 1. The smallest absolute Gasteiger partial charge is 0.254 e. The Bertz CT molecular complexity index is 1200. The number of carbonyl (C=O) groups excluding carboxylic acids is 1. The van der Waals surface area contributed by atoms with Gasteiger partial charge in [-0.2, -0.15) is 0 Å². The number of piperidine rings is 1. The van der Waals surface area contributed by atoms with Gasteiger partial charge >= 0.3 is 0 Å². The normalized spacial score (nSPS) is 17.1. The molecular formula is C30H43N7OS. The summed E-state index contributed by atoms with van der Waals surface area (Å²) in [6.07, 6.45) is 7.21. The summed E-state index contributed by atoms with van der Waals surface area (Å²) in [5.41, 5.74) is 7.89. The van der Waals surface area contributed by atoms with Crippen molar-refractivity contribution >= 4 is 23.1 Å². The summed E-state index contributed by atoms with van der Waals surface area (Å²) in [5, 5.41) is 7.66. The molecule has 0 aliphatic carbocycles. The van der Waals surface area contributed by atoms with Gasteiger partial charge in [0, 0.05) is 47.3 Å². The molecule has 2 saturated heterocycles. The number of hydrogen-bond acceptors (Lipinski definition) is 6. The van der Waals surface area contributed by atoms with Gasteiger partial charge in [0.25, 0.3) is 5.91 Å². The van der Waals surface area contributed by atoms with Crippen molar-refractivity contribution in [2.24, 2.45) is 11.1 Å². The van der Waals surface area contributed by atoms with Gasteiger partial charge < -0.3 is 15.6 Å². The molecule has 0 unspecified atom stereocenters. The van der Waals surface area contributed by atoms with E-state index >= 15 is 0 Å². The van der Waals surface area contributed by atoms with Crippen molar-refractivity contribution in [3.05, 3.63) is 75.5 Å². The van der Waals surface area contributed by atoms with Crippen LogP contribution >= 0.6 is 11.3 Å². The first kappa shape index (κ1) is 29.0. The number of thiophene rings is 1.